The van der Waals surface area contributed by atoms with Crippen molar-refractivity contribution in [2.45, 2.75) is 0 Å². The number of anilines is 1. The molecule has 0 atom stereocenters. The maximum atomic E-state index is 12.6. The molecular formula is C24H21N3O4S. The fourth-order valence-electron chi connectivity index (χ4n) is 2.93. The van der Waals surface area contributed by atoms with E-state index < -0.39 is 5.97 Å². The summed E-state index contributed by atoms with van der Waals surface area (Å²) in [5.41, 5.74) is 1.93. The van der Waals surface area contributed by atoms with Crippen LogP contribution in [0.1, 0.15) is 15.9 Å². The van der Waals surface area contributed by atoms with Gasteiger partial charge in [0.15, 0.2) is 0 Å². The molecule has 0 fully saturated rings. The lowest BCUT2D eigenvalue weighted by atomic mass is 10.2. The molecule has 4 aromatic rings. The van der Waals surface area contributed by atoms with Crippen molar-refractivity contribution in [1.29, 1.82) is 0 Å². The van der Waals surface area contributed by atoms with E-state index in [2.05, 4.69) is 10.1 Å². The van der Waals surface area contributed by atoms with Crippen LogP contribution in [0.15, 0.2) is 71.8 Å². The first-order chi connectivity index (χ1) is 15.6. The molecule has 8 heteroatoms. The summed E-state index contributed by atoms with van der Waals surface area (Å²) in [7, 11) is 4.96. The van der Waals surface area contributed by atoms with Crippen molar-refractivity contribution in [2.75, 3.05) is 26.3 Å². The van der Waals surface area contributed by atoms with E-state index in [1.165, 1.54) is 0 Å². The predicted octanol–water partition coefficient (Wildman–Crippen LogP) is 5.00. The number of ether oxygens (including phenoxy) is 3. The van der Waals surface area contributed by atoms with Crippen LogP contribution in [0.4, 0.5) is 5.13 Å². The van der Waals surface area contributed by atoms with Crippen LogP contribution in [0.5, 0.6) is 17.2 Å². The minimum Gasteiger partial charge on any atom is -0.497 e. The van der Waals surface area contributed by atoms with Gasteiger partial charge in [-0.05, 0) is 54.6 Å². The zero-order valence-electron chi connectivity index (χ0n) is 17.8. The molecule has 1 heterocycles. The van der Waals surface area contributed by atoms with Crippen LogP contribution in [-0.4, -0.2) is 38.4 Å². The molecule has 0 spiro atoms. The van der Waals surface area contributed by atoms with E-state index in [0.717, 1.165) is 15.3 Å². The van der Waals surface area contributed by atoms with E-state index in [1.54, 1.807) is 79.2 Å². The Bertz CT molecular complexity index is 1230. The van der Waals surface area contributed by atoms with E-state index in [1.807, 2.05) is 31.3 Å². The highest BCUT2D eigenvalue weighted by Gasteiger charge is 2.13. The number of rotatable bonds is 7. The molecule has 1 aromatic heterocycles. The summed E-state index contributed by atoms with van der Waals surface area (Å²) in [5, 5.41) is 6.92. The molecule has 7 nitrogen and oxygen atoms in total. The van der Waals surface area contributed by atoms with Crippen molar-refractivity contribution in [3.63, 3.8) is 0 Å². The van der Waals surface area contributed by atoms with Crippen molar-refractivity contribution < 1.29 is 19.0 Å². The third-order valence-electron chi connectivity index (χ3n) is 4.67. The van der Waals surface area contributed by atoms with Crippen molar-refractivity contribution in [2.24, 2.45) is 5.10 Å². The van der Waals surface area contributed by atoms with Gasteiger partial charge in [0, 0.05) is 12.6 Å². The molecule has 0 aliphatic rings. The SMILES string of the molecule is COc1ccc(C(=O)Oc2ccc(OC)cc2/C=N/N(C)c2nc3ccccc3s2)cc1. The average Bonchev–Trinajstić information content (AvgIpc) is 3.27. The number of thiazole rings is 1. The second-order valence-electron chi connectivity index (χ2n) is 6.75. The standard InChI is InChI=1S/C24H21N3O4S/c1-27(24-26-20-6-4-5-7-22(20)32-24)25-15-17-14-19(30-3)12-13-21(17)31-23(28)16-8-10-18(29-2)11-9-16/h4-15H,1-3H3/b25-15+. The van der Waals surface area contributed by atoms with E-state index in [0.29, 0.717) is 28.4 Å². The van der Waals surface area contributed by atoms with Crippen LogP contribution < -0.4 is 19.2 Å². The highest BCUT2D eigenvalue weighted by Crippen LogP contribution is 2.28. The van der Waals surface area contributed by atoms with E-state index in [9.17, 15) is 4.79 Å². The van der Waals surface area contributed by atoms with Crippen molar-refractivity contribution >= 4 is 38.9 Å². The highest BCUT2D eigenvalue weighted by atomic mass is 32.1. The molecule has 0 saturated carbocycles. The zero-order chi connectivity index (χ0) is 22.5. The Labute approximate surface area is 189 Å². The van der Waals surface area contributed by atoms with Crippen LogP contribution in [0.3, 0.4) is 0 Å². The minimum absolute atomic E-state index is 0.369. The Morgan fingerprint density at radius 2 is 1.72 bits per heavy atom. The highest BCUT2D eigenvalue weighted by molar-refractivity contribution is 7.22. The van der Waals surface area contributed by atoms with Crippen LogP contribution in [0, 0.1) is 0 Å². The number of hydrazone groups is 1. The van der Waals surface area contributed by atoms with Gasteiger partial charge in [0.1, 0.15) is 17.2 Å². The van der Waals surface area contributed by atoms with Gasteiger partial charge in [-0.1, -0.05) is 23.5 Å². The number of esters is 1. The second-order valence-corrected chi connectivity index (χ2v) is 7.76. The molecule has 4 rings (SSSR count). The summed E-state index contributed by atoms with van der Waals surface area (Å²) in [6.07, 6.45) is 1.62. The third-order valence-corrected chi connectivity index (χ3v) is 5.78. The molecule has 0 aliphatic carbocycles. The number of nitrogens with zero attached hydrogens (tertiary/aromatic N) is 3. The van der Waals surface area contributed by atoms with E-state index >= 15 is 0 Å². The van der Waals surface area contributed by atoms with Crippen molar-refractivity contribution in [3.05, 3.63) is 77.9 Å². The molecule has 32 heavy (non-hydrogen) atoms. The molecule has 3 aromatic carbocycles. The number of carbonyl (C=O) groups is 1. The largest absolute Gasteiger partial charge is 0.497 e. The number of hydrogen-bond acceptors (Lipinski definition) is 8. The summed E-state index contributed by atoms with van der Waals surface area (Å²) in [6.45, 7) is 0. The number of hydrogen-bond donors (Lipinski definition) is 0. The molecule has 0 N–H and O–H groups in total. The van der Waals surface area contributed by atoms with Gasteiger partial charge < -0.3 is 14.2 Å². The molecule has 0 aliphatic heterocycles. The lowest BCUT2D eigenvalue weighted by Gasteiger charge is -2.11. The van der Waals surface area contributed by atoms with E-state index in [-0.39, 0.29) is 0 Å². The van der Waals surface area contributed by atoms with Crippen LogP contribution in [0.2, 0.25) is 0 Å². The first-order valence-corrected chi connectivity index (χ1v) is 10.6. The average molecular weight is 448 g/mol. The normalized spacial score (nSPS) is 11.0. The van der Waals surface area contributed by atoms with Gasteiger partial charge in [0.2, 0.25) is 5.13 Å². The van der Waals surface area contributed by atoms with Gasteiger partial charge in [-0.15, -0.1) is 0 Å². The van der Waals surface area contributed by atoms with Gasteiger partial charge >= 0.3 is 5.97 Å². The fourth-order valence-corrected chi connectivity index (χ4v) is 3.81. The first-order valence-electron chi connectivity index (χ1n) is 9.75. The molecule has 0 saturated heterocycles. The Morgan fingerprint density at radius 1 is 1.00 bits per heavy atom. The number of fused-ring (bicyclic) bond motifs is 1. The minimum atomic E-state index is -0.480. The molecular weight excluding hydrogens is 426 g/mol. The topological polar surface area (TPSA) is 73.2 Å². The summed E-state index contributed by atoms with van der Waals surface area (Å²) < 4.78 is 17.2. The van der Waals surface area contributed by atoms with Crippen LogP contribution in [0.25, 0.3) is 10.2 Å². The third kappa shape index (κ3) is 4.70. The smallest absolute Gasteiger partial charge is 0.343 e. The first kappa shape index (κ1) is 21.3. The Morgan fingerprint density at radius 3 is 2.44 bits per heavy atom. The van der Waals surface area contributed by atoms with Gasteiger partial charge in [-0.2, -0.15) is 5.10 Å². The summed E-state index contributed by atoms with van der Waals surface area (Å²) in [5.74, 6) is 1.18. The van der Waals surface area contributed by atoms with Crippen molar-refractivity contribution in [3.8, 4) is 17.2 Å². The summed E-state index contributed by atoms with van der Waals surface area (Å²) in [4.78, 5) is 17.2. The van der Waals surface area contributed by atoms with Crippen LogP contribution in [-0.2, 0) is 0 Å². The zero-order valence-corrected chi connectivity index (χ0v) is 18.6. The second kappa shape index (κ2) is 9.49. The number of carbonyl (C=O) groups excluding carboxylic acids is 1. The Hall–Kier alpha value is -3.91. The Kier molecular flexibility index (Phi) is 6.32. The van der Waals surface area contributed by atoms with Gasteiger partial charge in [0.05, 0.1) is 36.2 Å². The van der Waals surface area contributed by atoms with Gasteiger partial charge in [-0.3, -0.25) is 0 Å². The summed E-state index contributed by atoms with van der Waals surface area (Å²) >= 11 is 1.54. The lowest BCUT2D eigenvalue weighted by molar-refractivity contribution is 0.0734. The lowest BCUT2D eigenvalue weighted by Crippen LogP contribution is -2.11. The number of methoxy groups -OCH3 is 2. The fraction of sp³-hybridized carbons (Fsp3) is 0.125. The monoisotopic (exact) mass is 447 g/mol. The molecule has 0 radical (unpaired) electrons. The molecule has 0 unspecified atom stereocenters. The molecule has 0 amide bonds. The number of para-hydroxylation sites is 1. The number of benzene rings is 3. The predicted molar refractivity (Wildman–Crippen MR) is 127 cm³/mol. The number of aromatic nitrogens is 1. The van der Waals surface area contributed by atoms with Gasteiger partial charge in [-0.25, -0.2) is 14.8 Å². The van der Waals surface area contributed by atoms with Crippen molar-refractivity contribution in [1.82, 2.24) is 4.98 Å². The van der Waals surface area contributed by atoms with Crippen LogP contribution >= 0.6 is 11.3 Å². The quantitative estimate of drug-likeness (QED) is 0.172. The molecule has 162 valence electrons. The summed E-state index contributed by atoms with van der Waals surface area (Å²) in [6, 6.07) is 19.8. The maximum absolute atomic E-state index is 12.6. The Balaban J connectivity index is 1.57. The van der Waals surface area contributed by atoms with Gasteiger partial charge in [0.25, 0.3) is 0 Å². The van der Waals surface area contributed by atoms with E-state index in [4.69, 9.17) is 14.2 Å². The maximum Gasteiger partial charge on any atom is 0.343 e. The molecule has 0 bridgehead atoms.